The number of benzene rings is 1. The second-order valence-electron chi connectivity index (χ2n) is 4.39. The molecule has 0 aliphatic heterocycles. The van der Waals surface area contributed by atoms with Gasteiger partial charge in [0.1, 0.15) is 12.4 Å². The molecule has 1 N–H and O–H groups in total. The first kappa shape index (κ1) is 12.6. The number of aryl methyl sites for hydroxylation is 1. The van der Waals surface area contributed by atoms with Gasteiger partial charge < -0.3 is 10.1 Å². The smallest absolute Gasteiger partial charge is 0.120 e. The molecule has 1 aromatic carbocycles. The first-order chi connectivity index (χ1) is 8.69. The Morgan fingerprint density at radius 2 is 2.28 bits per heavy atom. The van der Waals surface area contributed by atoms with E-state index in [1.165, 1.54) is 5.56 Å². The highest BCUT2D eigenvalue weighted by Gasteiger charge is 2.04. The first-order valence-corrected chi connectivity index (χ1v) is 6.06. The molecule has 18 heavy (non-hydrogen) atoms. The van der Waals surface area contributed by atoms with Crippen molar-refractivity contribution in [2.45, 2.75) is 19.6 Å². The van der Waals surface area contributed by atoms with Crippen molar-refractivity contribution in [2.75, 3.05) is 7.05 Å². The van der Waals surface area contributed by atoms with Gasteiger partial charge in [0, 0.05) is 24.8 Å². The molecule has 0 aliphatic rings. The van der Waals surface area contributed by atoms with Crippen LogP contribution >= 0.6 is 0 Å². The van der Waals surface area contributed by atoms with E-state index in [4.69, 9.17) is 4.74 Å². The number of rotatable bonds is 5. The van der Waals surface area contributed by atoms with E-state index in [1.807, 2.05) is 38.6 Å². The van der Waals surface area contributed by atoms with Crippen molar-refractivity contribution >= 4 is 0 Å². The number of hydrogen-bond acceptors (Lipinski definition) is 3. The molecule has 2 rings (SSSR count). The lowest BCUT2D eigenvalue weighted by molar-refractivity contribution is 0.305. The van der Waals surface area contributed by atoms with Crippen LogP contribution in [0.2, 0.25) is 0 Å². The van der Waals surface area contributed by atoms with Crippen LogP contribution in [0.25, 0.3) is 0 Å². The summed E-state index contributed by atoms with van der Waals surface area (Å²) in [6.07, 6.45) is 3.78. The summed E-state index contributed by atoms with van der Waals surface area (Å²) < 4.78 is 7.54. The zero-order valence-corrected chi connectivity index (χ0v) is 11.1. The van der Waals surface area contributed by atoms with Crippen LogP contribution in [-0.2, 0) is 13.7 Å². The first-order valence-electron chi connectivity index (χ1n) is 6.06. The highest BCUT2D eigenvalue weighted by atomic mass is 16.5. The summed E-state index contributed by atoms with van der Waals surface area (Å²) in [4.78, 5) is 0. The maximum Gasteiger partial charge on any atom is 0.120 e. The second kappa shape index (κ2) is 5.69. The minimum atomic E-state index is 0.326. The average molecular weight is 245 g/mol. The number of aromatic nitrogens is 2. The summed E-state index contributed by atoms with van der Waals surface area (Å²) in [5.41, 5.74) is 2.30. The van der Waals surface area contributed by atoms with Gasteiger partial charge in [-0.05, 0) is 31.7 Å². The minimum absolute atomic E-state index is 0.326. The van der Waals surface area contributed by atoms with Gasteiger partial charge in [-0.2, -0.15) is 5.10 Å². The molecule has 96 valence electrons. The number of hydrogen-bond donors (Lipinski definition) is 1. The highest BCUT2D eigenvalue weighted by Crippen LogP contribution is 2.19. The molecular formula is C14H19N3O. The maximum absolute atomic E-state index is 5.76. The molecule has 0 saturated heterocycles. The fraction of sp³-hybridized carbons (Fsp3) is 0.357. The molecule has 0 amide bonds. The van der Waals surface area contributed by atoms with Gasteiger partial charge in [-0.25, -0.2) is 0 Å². The van der Waals surface area contributed by atoms with E-state index < -0.39 is 0 Å². The van der Waals surface area contributed by atoms with E-state index in [2.05, 4.69) is 29.5 Å². The molecule has 2 aromatic rings. The Hall–Kier alpha value is -1.81. The zero-order chi connectivity index (χ0) is 13.0. The lowest BCUT2D eigenvalue weighted by Crippen LogP contribution is -2.12. The third kappa shape index (κ3) is 3.11. The Kier molecular flexibility index (Phi) is 3.99. The van der Waals surface area contributed by atoms with E-state index in [9.17, 15) is 0 Å². The summed E-state index contributed by atoms with van der Waals surface area (Å²) in [6.45, 7) is 2.67. The van der Waals surface area contributed by atoms with Crippen molar-refractivity contribution in [1.29, 1.82) is 0 Å². The lowest BCUT2D eigenvalue weighted by atomic mass is 10.1. The predicted octanol–water partition coefficient (Wildman–Crippen LogP) is 2.28. The summed E-state index contributed by atoms with van der Waals surface area (Å²) in [5, 5.41) is 7.33. The third-order valence-electron chi connectivity index (χ3n) is 2.95. The standard InChI is InChI=1S/C14H19N3O/c1-11(15-2)13-5-4-6-14(7-13)18-10-12-8-16-17(3)9-12/h4-9,11,15H,10H2,1-3H3. The SMILES string of the molecule is CNC(C)c1cccc(OCc2cnn(C)c2)c1. The van der Waals surface area contributed by atoms with Gasteiger partial charge in [0.2, 0.25) is 0 Å². The zero-order valence-electron chi connectivity index (χ0n) is 11.1. The monoisotopic (exact) mass is 245 g/mol. The van der Waals surface area contributed by atoms with Gasteiger partial charge in [-0.3, -0.25) is 4.68 Å². The third-order valence-corrected chi connectivity index (χ3v) is 2.95. The molecule has 0 spiro atoms. The molecule has 0 bridgehead atoms. The molecule has 1 aromatic heterocycles. The highest BCUT2D eigenvalue weighted by molar-refractivity contribution is 5.30. The molecule has 1 unspecified atom stereocenters. The fourth-order valence-electron chi connectivity index (χ4n) is 1.75. The molecular weight excluding hydrogens is 226 g/mol. The van der Waals surface area contributed by atoms with Crippen LogP contribution in [0.4, 0.5) is 0 Å². The van der Waals surface area contributed by atoms with E-state index >= 15 is 0 Å². The van der Waals surface area contributed by atoms with Gasteiger partial charge in [0.15, 0.2) is 0 Å². The molecule has 1 atom stereocenters. The maximum atomic E-state index is 5.76. The van der Waals surface area contributed by atoms with Gasteiger partial charge in [0.05, 0.1) is 6.20 Å². The van der Waals surface area contributed by atoms with Crippen LogP contribution in [-0.4, -0.2) is 16.8 Å². The second-order valence-corrected chi connectivity index (χ2v) is 4.39. The average Bonchev–Trinajstić information content (AvgIpc) is 2.81. The Labute approximate surface area is 108 Å². The van der Waals surface area contributed by atoms with Crippen LogP contribution in [0.3, 0.4) is 0 Å². The number of nitrogens with zero attached hydrogens (tertiary/aromatic N) is 2. The largest absolute Gasteiger partial charge is 0.489 e. The van der Waals surface area contributed by atoms with Crippen LogP contribution in [0, 0.1) is 0 Å². The summed E-state index contributed by atoms with van der Waals surface area (Å²) in [6, 6.07) is 8.48. The number of nitrogens with one attached hydrogen (secondary N) is 1. The van der Waals surface area contributed by atoms with Gasteiger partial charge in [0.25, 0.3) is 0 Å². The molecule has 0 saturated carbocycles. The normalized spacial score (nSPS) is 12.4. The fourth-order valence-corrected chi connectivity index (χ4v) is 1.75. The van der Waals surface area contributed by atoms with Gasteiger partial charge in [-0.15, -0.1) is 0 Å². The lowest BCUT2D eigenvalue weighted by Gasteiger charge is -2.12. The summed E-state index contributed by atoms with van der Waals surface area (Å²) >= 11 is 0. The molecule has 0 radical (unpaired) electrons. The Morgan fingerprint density at radius 1 is 1.44 bits per heavy atom. The summed E-state index contributed by atoms with van der Waals surface area (Å²) in [7, 11) is 3.85. The van der Waals surface area contributed by atoms with Crippen LogP contribution in [0.1, 0.15) is 24.1 Å². The van der Waals surface area contributed by atoms with E-state index in [1.54, 1.807) is 4.68 Å². The van der Waals surface area contributed by atoms with Crippen LogP contribution in [0.5, 0.6) is 5.75 Å². The van der Waals surface area contributed by atoms with Crippen molar-refractivity contribution in [2.24, 2.45) is 7.05 Å². The quantitative estimate of drug-likeness (QED) is 0.878. The van der Waals surface area contributed by atoms with Crippen LogP contribution < -0.4 is 10.1 Å². The molecule has 4 heteroatoms. The van der Waals surface area contributed by atoms with Crippen molar-refractivity contribution in [3.63, 3.8) is 0 Å². The van der Waals surface area contributed by atoms with Crippen molar-refractivity contribution in [3.05, 3.63) is 47.8 Å². The topological polar surface area (TPSA) is 39.1 Å². The van der Waals surface area contributed by atoms with E-state index in [-0.39, 0.29) is 0 Å². The Morgan fingerprint density at radius 3 is 2.94 bits per heavy atom. The van der Waals surface area contributed by atoms with E-state index in [0.29, 0.717) is 12.6 Å². The van der Waals surface area contributed by atoms with Crippen molar-refractivity contribution in [1.82, 2.24) is 15.1 Å². The van der Waals surface area contributed by atoms with Crippen molar-refractivity contribution < 1.29 is 4.74 Å². The summed E-state index contributed by atoms with van der Waals surface area (Å²) in [5.74, 6) is 0.887. The van der Waals surface area contributed by atoms with Gasteiger partial charge in [-0.1, -0.05) is 12.1 Å². The number of ether oxygens (including phenoxy) is 1. The molecule has 4 nitrogen and oxygen atoms in total. The molecule has 0 aliphatic carbocycles. The predicted molar refractivity (Wildman–Crippen MR) is 71.5 cm³/mol. The molecule has 0 fully saturated rings. The van der Waals surface area contributed by atoms with E-state index in [0.717, 1.165) is 11.3 Å². The minimum Gasteiger partial charge on any atom is -0.489 e. The van der Waals surface area contributed by atoms with Crippen molar-refractivity contribution in [3.8, 4) is 5.75 Å². The Balaban J connectivity index is 2.01. The van der Waals surface area contributed by atoms with Crippen LogP contribution in [0.15, 0.2) is 36.7 Å². The Bertz CT molecular complexity index is 507. The molecule has 1 heterocycles. The van der Waals surface area contributed by atoms with Gasteiger partial charge >= 0.3 is 0 Å².